The molecule has 0 saturated heterocycles. The van der Waals surface area contributed by atoms with Crippen LogP contribution in [0.2, 0.25) is 5.02 Å². The van der Waals surface area contributed by atoms with E-state index in [0.29, 0.717) is 22.1 Å². The van der Waals surface area contributed by atoms with Crippen LogP contribution in [-0.4, -0.2) is 19.1 Å². The number of hydrogen-bond donors (Lipinski definition) is 0. The predicted molar refractivity (Wildman–Crippen MR) is 146 cm³/mol. The molecule has 0 fully saturated rings. The highest BCUT2D eigenvalue weighted by atomic mass is 35.5. The molecule has 2 heterocycles. The minimum atomic E-state index is -1.08. The summed E-state index contributed by atoms with van der Waals surface area (Å²) in [5.74, 6) is 1.06. The van der Waals surface area contributed by atoms with E-state index in [9.17, 15) is 4.79 Å². The van der Waals surface area contributed by atoms with Gasteiger partial charge in [0.1, 0.15) is 11.5 Å². The number of fused-ring (bicyclic) bond motifs is 6. The van der Waals surface area contributed by atoms with Crippen LogP contribution in [0.1, 0.15) is 85.0 Å². The van der Waals surface area contributed by atoms with Crippen LogP contribution in [0.25, 0.3) is 0 Å². The molecule has 3 aromatic rings. The van der Waals surface area contributed by atoms with E-state index in [0.717, 1.165) is 41.0 Å². The zero-order valence-corrected chi connectivity index (χ0v) is 22.2. The Hall–Kier alpha value is -2.98. The second-order valence-electron chi connectivity index (χ2n) is 9.84. The number of unbranched alkanes of at least 4 members (excludes halogenated alkanes) is 5. The molecule has 2 aliphatic rings. The normalized spacial score (nSPS) is 17.3. The smallest absolute Gasteiger partial charge is 0.340 e. The van der Waals surface area contributed by atoms with E-state index >= 15 is 0 Å². The third-order valence-electron chi connectivity index (χ3n) is 7.51. The van der Waals surface area contributed by atoms with Crippen molar-refractivity contribution in [1.82, 2.24) is 0 Å². The highest BCUT2D eigenvalue weighted by Gasteiger charge is 2.53. The lowest BCUT2D eigenvalue weighted by Crippen LogP contribution is -2.33. The number of rotatable bonds is 9. The maximum Gasteiger partial charge on any atom is 0.340 e. The van der Waals surface area contributed by atoms with E-state index in [1.54, 1.807) is 0 Å². The molecule has 36 heavy (non-hydrogen) atoms. The van der Waals surface area contributed by atoms with Crippen LogP contribution in [0.3, 0.4) is 0 Å². The number of benzene rings is 3. The molecule has 1 atom stereocenters. The van der Waals surface area contributed by atoms with Gasteiger partial charge >= 0.3 is 5.97 Å². The fourth-order valence-electron chi connectivity index (χ4n) is 5.53. The number of hydrogen-bond acceptors (Lipinski definition) is 4. The molecule has 0 saturated carbocycles. The van der Waals surface area contributed by atoms with Gasteiger partial charge in [0.15, 0.2) is 5.60 Å². The Morgan fingerprint density at radius 2 is 1.61 bits per heavy atom. The first-order valence-electron chi connectivity index (χ1n) is 13.2. The van der Waals surface area contributed by atoms with Crippen LogP contribution >= 0.6 is 11.6 Å². The van der Waals surface area contributed by atoms with Crippen molar-refractivity contribution in [2.75, 3.05) is 18.0 Å². The van der Waals surface area contributed by atoms with Gasteiger partial charge in [0.2, 0.25) is 0 Å². The molecule has 0 amide bonds. The number of anilines is 1. The summed E-state index contributed by atoms with van der Waals surface area (Å²) in [5, 5.41) is 0.619. The number of aryl methyl sites for hydroxylation is 1. The molecule has 0 bridgehead atoms. The Morgan fingerprint density at radius 3 is 2.42 bits per heavy atom. The van der Waals surface area contributed by atoms with E-state index in [1.165, 1.54) is 38.5 Å². The third kappa shape index (κ3) is 4.16. The van der Waals surface area contributed by atoms with Gasteiger partial charge in [0.05, 0.1) is 5.56 Å². The molecule has 5 rings (SSSR count). The first-order valence-corrected chi connectivity index (χ1v) is 13.6. The number of ether oxygens (including phenoxy) is 2. The Balaban J connectivity index is 1.54. The number of esters is 1. The Labute approximate surface area is 219 Å². The molecule has 0 aliphatic carbocycles. The minimum absolute atomic E-state index is 0.330. The van der Waals surface area contributed by atoms with Crippen LogP contribution in [0.15, 0.2) is 54.6 Å². The average Bonchev–Trinajstić information content (AvgIpc) is 3.18. The quantitative estimate of drug-likeness (QED) is 0.217. The van der Waals surface area contributed by atoms with E-state index in [2.05, 4.69) is 36.9 Å². The van der Waals surface area contributed by atoms with Crippen LogP contribution in [0, 0.1) is 6.92 Å². The SMILES string of the molecule is CCCCCCCCN(CC)c1ccc2c(c1)Oc1cc(C)c(Cl)cc1C21OC(=O)c2ccccc21. The largest absolute Gasteiger partial charge is 0.456 e. The van der Waals surface area contributed by atoms with E-state index < -0.39 is 5.60 Å². The first kappa shape index (κ1) is 24.7. The second-order valence-corrected chi connectivity index (χ2v) is 10.3. The van der Waals surface area contributed by atoms with Crippen molar-refractivity contribution in [3.8, 4) is 11.5 Å². The fraction of sp³-hybridized carbons (Fsp3) is 0.387. The van der Waals surface area contributed by atoms with Gasteiger partial charge in [-0.15, -0.1) is 0 Å². The predicted octanol–water partition coefficient (Wildman–Crippen LogP) is 8.40. The Bertz CT molecular complexity index is 1290. The van der Waals surface area contributed by atoms with Gasteiger partial charge in [-0.3, -0.25) is 0 Å². The lowest BCUT2D eigenvalue weighted by molar-refractivity contribution is 0.0224. The third-order valence-corrected chi connectivity index (χ3v) is 7.91. The summed E-state index contributed by atoms with van der Waals surface area (Å²) in [6.45, 7) is 8.32. The van der Waals surface area contributed by atoms with E-state index in [-0.39, 0.29) is 5.97 Å². The standard InChI is InChI=1S/C31H34ClNO3/c1-4-6-7-8-9-12-17-33(5-2)22-15-16-25-29(19-22)35-28-18-21(3)27(32)20-26(28)31(25)24-14-11-10-13-23(24)30(34)36-31/h10-11,13-16,18-20H,4-9,12,17H2,1-3H3. The number of halogens is 1. The van der Waals surface area contributed by atoms with Gasteiger partial charge in [-0.2, -0.15) is 0 Å². The molecular weight excluding hydrogens is 470 g/mol. The Kier molecular flexibility index (Phi) is 6.98. The molecule has 188 valence electrons. The number of carbonyl (C=O) groups excluding carboxylic acids is 1. The van der Waals surface area contributed by atoms with Gasteiger partial charge in [-0.1, -0.05) is 68.8 Å². The van der Waals surface area contributed by atoms with Crippen LogP contribution < -0.4 is 9.64 Å². The summed E-state index contributed by atoms with van der Waals surface area (Å²) in [5.41, 5.74) is 3.95. The highest BCUT2D eigenvalue weighted by molar-refractivity contribution is 6.31. The fourth-order valence-corrected chi connectivity index (χ4v) is 5.69. The maximum absolute atomic E-state index is 13.0. The lowest BCUT2D eigenvalue weighted by atomic mass is 9.77. The van der Waals surface area contributed by atoms with Gasteiger partial charge in [0.25, 0.3) is 0 Å². The summed E-state index contributed by atoms with van der Waals surface area (Å²) in [6.07, 6.45) is 7.63. The monoisotopic (exact) mass is 503 g/mol. The van der Waals surface area contributed by atoms with Crippen molar-refractivity contribution in [2.45, 2.75) is 64.9 Å². The van der Waals surface area contributed by atoms with Crippen LogP contribution in [-0.2, 0) is 10.3 Å². The van der Waals surface area contributed by atoms with Crippen molar-refractivity contribution in [3.63, 3.8) is 0 Å². The molecule has 0 N–H and O–H groups in total. The zero-order chi connectivity index (χ0) is 25.3. The van der Waals surface area contributed by atoms with E-state index in [4.69, 9.17) is 21.1 Å². The van der Waals surface area contributed by atoms with Gasteiger partial charge in [-0.05, 0) is 56.2 Å². The van der Waals surface area contributed by atoms with Crippen molar-refractivity contribution in [1.29, 1.82) is 0 Å². The minimum Gasteiger partial charge on any atom is -0.456 e. The summed E-state index contributed by atoms with van der Waals surface area (Å²) < 4.78 is 12.7. The molecule has 4 nitrogen and oxygen atoms in total. The average molecular weight is 504 g/mol. The van der Waals surface area contributed by atoms with Gasteiger partial charge in [-0.25, -0.2) is 4.79 Å². The van der Waals surface area contributed by atoms with Crippen molar-refractivity contribution < 1.29 is 14.3 Å². The topological polar surface area (TPSA) is 38.8 Å². The van der Waals surface area contributed by atoms with Crippen molar-refractivity contribution in [2.24, 2.45) is 0 Å². The van der Waals surface area contributed by atoms with Gasteiger partial charge < -0.3 is 14.4 Å². The molecular formula is C31H34ClNO3. The second kappa shape index (κ2) is 10.2. The molecule has 3 aromatic carbocycles. The van der Waals surface area contributed by atoms with E-state index in [1.807, 2.05) is 43.3 Å². The highest BCUT2D eigenvalue weighted by Crippen LogP contribution is 2.57. The van der Waals surface area contributed by atoms with Crippen LogP contribution in [0.5, 0.6) is 11.5 Å². The van der Waals surface area contributed by atoms with Gasteiger partial charge in [0, 0.05) is 46.6 Å². The zero-order valence-electron chi connectivity index (χ0n) is 21.4. The van der Waals surface area contributed by atoms with Crippen LogP contribution in [0.4, 0.5) is 5.69 Å². The summed E-state index contributed by atoms with van der Waals surface area (Å²) >= 11 is 6.57. The molecule has 0 radical (unpaired) electrons. The summed E-state index contributed by atoms with van der Waals surface area (Å²) in [7, 11) is 0. The summed E-state index contributed by atoms with van der Waals surface area (Å²) in [6, 6.07) is 17.7. The molecule has 5 heteroatoms. The maximum atomic E-state index is 13.0. The molecule has 2 aliphatic heterocycles. The number of nitrogens with zero attached hydrogens (tertiary/aromatic N) is 1. The van der Waals surface area contributed by atoms with Crippen molar-refractivity contribution in [3.05, 3.63) is 87.4 Å². The molecule has 1 spiro atoms. The molecule has 1 unspecified atom stereocenters. The first-order chi connectivity index (χ1) is 17.5. The molecule has 0 aromatic heterocycles. The van der Waals surface area contributed by atoms with Crippen molar-refractivity contribution >= 4 is 23.3 Å². The number of carbonyl (C=O) groups is 1. The lowest BCUT2D eigenvalue weighted by Gasteiger charge is -2.37. The summed E-state index contributed by atoms with van der Waals surface area (Å²) in [4.78, 5) is 15.4. The Morgan fingerprint density at radius 1 is 0.861 bits per heavy atom.